The fourth-order valence-electron chi connectivity index (χ4n) is 4.10. The van der Waals surface area contributed by atoms with Crippen molar-refractivity contribution in [2.45, 2.75) is 12.8 Å². The molecule has 2 heterocycles. The van der Waals surface area contributed by atoms with E-state index in [2.05, 4.69) is 5.32 Å². The van der Waals surface area contributed by atoms with Crippen molar-refractivity contribution in [3.63, 3.8) is 0 Å². The molecule has 1 amide bonds. The Bertz CT molecular complexity index is 1330. The number of amides is 1. The van der Waals surface area contributed by atoms with Crippen LogP contribution in [0.15, 0.2) is 89.4 Å². The summed E-state index contributed by atoms with van der Waals surface area (Å²) in [5.74, 6) is 1.26. The van der Waals surface area contributed by atoms with E-state index in [1.54, 1.807) is 12.1 Å². The zero-order valence-electron chi connectivity index (χ0n) is 18.2. The van der Waals surface area contributed by atoms with Crippen molar-refractivity contribution in [2.75, 3.05) is 6.61 Å². The predicted molar refractivity (Wildman–Crippen MR) is 136 cm³/mol. The maximum atomic E-state index is 13.8. The Balaban J connectivity index is 1.73. The highest BCUT2D eigenvalue weighted by atomic mass is 32.2. The predicted octanol–water partition coefficient (Wildman–Crippen LogP) is 6.19. The SMILES string of the molecule is CCOc1ccc(C2=C(/C=C3/SC(=S)NC3=O)C(c3ccc(F)cc3)c3ccccc3O2)cc1. The molecule has 1 saturated heterocycles. The first kappa shape index (κ1) is 22.4. The van der Waals surface area contributed by atoms with E-state index >= 15 is 0 Å². The number of carbonyl (C=O) groups is 1. The minimum atomic E-state index is -0.309. The van der Waals surface area contributed by atoms with Crippen LogP contribution in [0.1, 0.15) is 29.5 Å². The molecule has 0 aliphatic carbocycles. The van der Waals surface area contributed by atoms with Crippen molar-refractivity contribution in [1.82, 2.24) is 5.32 Å². The van der Waals surface area contributed by atoms with Gasteiger partial charge < -0.3 is 14.8 Å². The summed E-state index contributed by atoms with van der Waals surface area (Å²) >= 11 is 6.41. The summed E-state index contributed by atoms with van der Waals surface area (Å²) in [6.07, 6.45) is 1.83. The van der Waals surface area contributed by atoms with E-state index in [0.29, 0.717) is 27.3 Å². The van der Waals surface area contributed by atoms with Crippen LogP contribution in [-0.2, 0) is 4.79 Å². The molecule has 0 radical (unpaired) electrons. The van der Waals surface area contributed by atoms with E-state index in [0.717, 1.165) is 28.0 Å². The molecule has 7 heteroatoms. The molecule has 1 atom stereocenters. The summed E-state index contributed by atoms with van der Waals surface area (Å²) in [4.78, 5) is 13.0. The van der Waals surface area contributed by atoms with Crippen LogP contribution in [-0.4, -0.2) is 16.8 Å². The number of hydrogen-bond acceptors (Lipinski definition) is 5. The Morgan fingerprint density at radius 2 is 1.82 bits per heavy atom. The summed E-state index contributed by atoms with van der Waals surface area (Å²) in [5.41, 5.74) is 3.44. The normalized spacial score (nSPS) is 18.5. The number of allylic oxidation sites excluding steroid dienone is 2. The zero-order valence-corrected chi connectivity index (χ0v) is 19.8. The molecular formula is C27H20FNO3S2. The average Bonchev–Trinajstić information content (AvgIpc) is 3.16. The third-order valence-electron chi connectivity index (χ3n) is 5.57. The lowest BCUT2D eigenvalue weighted by molar-refractivity contribution is -0.115. The van der Waals surface area contributed by atoms with Gasteiger partial charge in [0.15, 0.2) is 0 Å². The number of fused-ring (bicyclic) bond motifs is 1. The van der Waals surface area contributed by atoms with Gasteiger partial charge >= 0.3 is 0 Å². The lowest BCUT2D eigenvalue weighted by Crippen LogP contribution is -2.19. The third-order valence-corrected chi connectivity index (χ3v) is 6.74. The van der Waals surface area contributed by atoms with E-state index < -0.39 is 0 Å². The van der Waals surface area contributed by atoms with Crippen LogP contribution in [0.5, 0.6) is 11.5 Å². The van der Waals surface area contributed by atoms with Gasteiger partial charge in [-0.1, -0.05) is 54.3 Å². The van der Waals surface area contributed by atoms with Crippen LogP contribution in [0, 0.1) is 5.82 Å². The van der Waals surface area contributed by atoms with Crippen molar-refractivity contribution in [2.24, 2.45) is 0 Å². The fraction of sp³-hybridized carbons (Fsp3) is 0.111. The number of hydrogen-bond donors (Lipinski definition) is 1. The van der Waals surface area contributed by atoms with Gasteiger partial charge in [0.2, 0.25) is 0 Å². The van der Waals surface area contributed by atoms with Crippen molar-refractivity contribution < 1.29 is 18.7 Å². The molecule has 34 heavy (non-hydrogen) atoms. The molecule has 1 fully saturated rings. The molecule has 170 valence electrons. The first-order chi connectivity index (χ1) is 16.5. The molecule has 1 N–H and O–H groups in total. The van der Waals surface area contributed by atoms with Crippen LogP contribution in [0.4, 0.5) is 4.39 Å². The number of rotatable bonds is 5. The number of carbonyl (C=O) groups excluding carboxylic acids is 1. The van der Waals surface area contributed by atoms with Crippen LogP contribution < -0.4 is 14.8 Å². The summed E-state index contributed by atoms with van der Waals surface area (Å²) in [5, 5.41) is 2.67. The van der Waals surface area contributed by atoms with Gasteiger partial charge in [0, 0.05) is 22.6 Å². The van der Waals surface area contributed by atoms with Gasteiger partial charge in [-0.05, 0) is 61.0 Å². The average molecular weight is 490 g/mol. The summed E-state index contributed by atoms with van der Waals surface area (Å²) in [6, 6.07) is 21.8. The smallest absolute Gasteiger partial charge is 0.263 e. The van der Waals surface area contributed by atoms with Crippen molar-refractivity contribution >= 4 is 40.0 Å². The standard InChI is InChI=1S/C27H20FNO3S2/c1-2-31-19-13-9-17(10-14-19)25-21(15-23-26(30)29-27(33)34-23)24(16-7-11-18(28)12-8-16)20-5-3-4-6-22(20)32-25/h3-15,24H,2H2,1H3,(H,29,30,33)/b23-15+. The lowest BCUT2D eigenvalue weighted by Gasteiger charge is -2.30. The minimum Gasteiger partial charge on any atom is -0.494 e. The van der Waals surface area contributed by atoms with E-state index in [1.165, 1.54) is 23.9 Å². The molecule has 2 aliphatic heterocycles. The Labute approximate surface area is 206 Å². The van der Waals surface area contributed by atoms with Gasteiger partial charge in [-0.3, -0.25) is 4.79 Å². The highest BCUT2D eigenvalue weighted by molar-refractivity contribution is 8.26. The molecule has 3 aromatic carbocycles. The van der Waals surface area contributed by atoms with Gasteiger partial charge in [0.1, 0.15) is 27.4 Å². The second kappa shape index (κ2) is 9.44. The summed E-state index contributed by atoms with van der Waals surface area (Å²) < 4.78 is 26.2. The van der Waals surface area contributed by atoms with E-state index in [-0.39, 0.29) is 17.6 Å². The largest absolute Gasteiger partial charge is 0.494 e. The molecular weight excluding hydrogens is 469 g/mol. The van der Waals surface area contributed by atoms with Gasteiger partial charge in [-0.25, -0.2) is 4.39 Å². The topological polar surface area (TPSA) is 47.6 Å². The fourth-order valence-corrected chi connectivity index (χ4v) is 5.13. The zero-order chi connectivity index (χ0) is 23.7. The number of benzene rings is 3. The van der Waals surface area contributed by atoms with Crippen molar-refractivity contribution in [3.05, 3.63) is 112 Å². The van der Waals surface area contributed by atoms with Crippen LogP contribution in [0.2, 0.25) is 0 Å². The quantitative estimate of drug-likeness (QED) is 0.342. The lowest BCUT2D eigenvalue weighted by atomic mass is 9.81. The van der Waals surface area contributed by atoms with Gasteiger partial charge in [0.25, 0.3) is 5.91 Å². The van der Waals surface area contributed by atoms with Crippen molar-refractivity contribution in [3.8, 4) is 11.5 Å². The van der Waals surface area contributed by atoms with Crippen LogP contribution in [0.3, 0.4) is 0 Å². The number of nitrogens with one attached hydrogen (secondary N) is 1. The summed E-state index contributed by atoms with van der Waals surface area (Å²) in [7, 11) is 0. The highest BCUT2D eigenvalue weighted by Gasteiger charge is 2.33. The highest BCUT2D eigenvalue weighted by Crippen LogP contribution is 2.47. The molecule has 0 spiro atoms. The van der Waals surface area contributed by atoms with Gasteiger partial charge in [0.05, 0.1) is 11.5 Å². The third kappa shape index (κ3) is 4.36. The van der Waals surface area contributed by atoms with Crippen LogP contribution in [0.25, 0.3) is 5.76 Å². The second-order valence-electron chi connectivity index (χ2n) is 7.72. The van der Waals surface area contributed by atoms with Crippen LogP contribution >= 0.6 is 24.0 Å². The number of halogens is 1. The Morgan fingerprint density at radius 1 is 1.09 bits per heavy atom. The van der Waals surface area contributed by atoms with Crippen molar-refractivity contribution in [1.29, 1.82) is 0 Å². The molecule has 4 nitrogen and oxygen atoms in total. The molecule has 0 bridgehead atoms. The monoisotopic (exact) mass is 489 g/mol. The van der Waals surface area contributed by atoms with Gasteiger partial charge in [-0.15, -0.1) is 0 Å². The Kier molecular flexibility index (Phi) is 6.22. The first-order valence-corrected chi connectivity index (χ1v) is 12.0. The minimum absolute atomic E-state index is 0.245. The van der Waals surface area contributed by atoms with E-state index in [1.807, 2.05) is 61.5 Å². The molecule has 2 aliphatic rings. The molecule has 0 saturated carbocycles. The van der Waals surface area contributed by atoms with E-state index in [9.17, 15) is 9.18 Å². The molecule has 3 aromatic rings. The molecule has 5 rings (SSSR count). The van der Waals surface area contributed by atoms with Gasteiger partial charge in [-0.2, -0.15) is 0 Å². The number of thioether (sulfide) groups is 1. The second-order valence-corrected chi connectivity index (χ2v) is 9.44. The molecule has 0 aromatic heterocycles. The maximum absolute atomic E-state index is 13.8. The number of para-hydroxylation sites is 1. The number of thiocarbonyl (C=S) groups is 1. The maximum Gasteiger partial charge on any atom is 0.263 e. The number of ether oxygens (including phenoxy) is 2. The molecule has 1 unspecified atom stereocenters. The Hall–Kier alpha value is -3.42. The Morgan fingerprint density at radius 3 is 2.50 bits per heavy atom. The summed E-state index contributed by atoms with van der Waals surface area (Å²) in [6.45, 7) is 2.51. The van der Waals surface area contributed by atoms with E-state index in [4.69, 9.17) is 21.7 Å². The first-order valence-electron chi connectivity index (χ1n) is 10.8.